The van der Waals surface area contributed by atoms with Gasteiger partial charge < -0.3 is 15.4 Å². The molecule has 28 heavy (non-hydrogen) atoms. The monoisotopic (exact) mass is 380 g/mol. The molecule has 0 spiro atoms. The number of rotatable bonds is 9. The minimum absolute atomic E-state index is 0.0195. The first-order chi connectivity index (χ1) is 13.5. The molecular formula is C23H28N2O3. The summed E-state index contributed by atoms with van der Waals surface area (Å²) in [5, 5.41) is 5.84. The third-order valence-corrected chi connectivity index (χ3v) is 4.74. The van der Waals surface area contributed by atoms with Gasteiger partial charge in [-0.1, -0.05) is 30.3 Å². The lowest BCUT2D eigenvalue weighted by Gasteiger charge is -2.10. The molecule has 0 aliphatic heterocycles. The van der Waals surface area contributed by atoms with Gasteiger partial charge >= 0.3 is 0 Å². The Balaban J connectivity index is 1.37. The molecule has 0 radical (unpaired) electrons. The second kappa shape index (κ2) is 9.40. The fourth-order valence-corrected chi connectivity index (χ4v) is 3.18. The molecular weight excluding hydrogens is 352 g/mol. The van der Waals surface area contributed by atoms with Crippen molar-refractivity contribution in [3.8, 4) is 5.75 Å². The summed E-state index contributed by atoms with van der Waals surface area (Å²) in [6.07, 6.45) is 2.56. The highest BCUT2D eigenvalue weighted by atomic mass is 16.5. The van der Waals surface area contributed by atoms with Gasteiger partial charge in [0.2, 0.25) is 11.8 Å². The van der Waals surface area contributed by atoms with Crippen molar-refractivity contribution in [1.29, 1.82) is 0 Å². The zero-order valence-corrected chi connectivity index (χ0v) is 16.5. The van der Waals surface area contributed by atoms with E-state index < -0.39 is 0 Å². The summed E-state index contributed by atoms with van der Waals surface area (Å²) in [5.74, 6) is 0.212. The lowest BCUT2D eigenvalue weighted by molar-refractivity contribution is -0.125. The molecule has 2 atom stereocenters. The minimum atomic E-state index is -0.235. The van der Waals surface area contributed by atoms with Gasteiger partial charge in [-0.15, -0.1) is 0 Å². The lowest BCUT2D eigenvalue weighted by Crippen LogP contribution is -2.28. The Morgan fingerprint density at radius 2 is 1.68 bits per heavy atom. The molecule has 0 bridgehead atoms. The Bertz CT molecular complexity index is 787. The van der Waals surface area contributed by atoms with E-state index in [-0.39, 0.29) is 29.8 Å². The molecule has 2 N–H and O–H groups in total. The molecule has 0 aromatic heterocycles. The Kier molecular flexibility index (Phi) is 6.69. The maximum Gasteiger partial charge on any atom is 0.228 e. The van der Waals surface area contributed by atoms with E-state index in [4.69, 9.17) is 4.74 Å². The number of hydrogen-bond acceptors (Lipinski definition) is 3. The normalized spacial score (nSPS) is 17.8. The summed E-state index contributed by atoms with van der Waals surface area (Å²) in [7, 11) is 0. The van der Waals surface area contributed by atoms with Crippen LogP contribution in [0.5, 0.6) is 5.75 Å². The van der Waals surface area contributed by atoms with Crippen molar-refractivity contribution in [2.24, 2.45) is 11.8 Å². The van der Waals surface area contributed by atoms with Gasteiger partial charge in [-0.2, -0.15) is 0 Å². The van der Waals surface area contributed by atoms with Crippen LogP contribution in [0.3, 0.4) is 0 Å². The van der Waals surface area contributed by atoms with Crippen LogP contribution in [-0.2, 0) is 16.0 Å². The topological polar surface area (TPSA) is 67.4 Å². The number of carbonyl (C=O) groups excluding carboxylic acids is 2. The van der Waals surface area contributed by atoms with Crippen molar-refractivity contribution < 1.29 is 14.3 Å². The van der Waals surface area contributed by atoms with E-state index in [2.05, 4.69) is 22.8 Å². The molecule has 2 amide bonds. The van der Waals surface area contributed by atoms with Gasteiger partial charge in [-0.05, 0) is 62.9 Å². The standard InChI is InChI=1S/C23H28N2O3/c1-16(2)28-19-12-10-18(11-13-19)25-23(27)21-15-20(21)22(26)24-14-6-9-17-7-4-3-5-8-17/h3-5,7-8,10-13,16,20-21H,6,9,14-15H2,1-2H3,(H,24,26)(H,25,27). The summed E-state index contributed by atoms with van der Waals surface area (Å²) in [6.45, 7) is 4.57. The van der Waals surface area contributed by atoms with E-state index in [1.165, 1.54) is 5.56 Å². The highest BCUT2D eigenvalue weighted by molar-refractivity contribution is 5.99. The number of hydrogen-bond donors (Lipinski definition) is 2. The van der Waals surface area contributed by atoms with E-state index in [0.29, 0.717) is 13.0 Å². The molecule has 2 aromatic carbocycles. The number of carbonyl (C=O) groups is 2. The lowest BCUT2D eigenvalue weighted by atomic mass is 10.1. The number of anilines is 1. The fraction of sp³-hybridized carbons (Fsp3) is 0.391. The molecule has 5 nitrogen and oxygen atoms in total. The van der Waals surface area contributed by atoms with Crippen molar-refractivity contribution in [2.75, 3.05) is 11.9 Å². The predicted molar refractivity (Wildman–Crippen MR) is 110 cm³/mol. The summed E-state index contributed by atoms with van der Waals surface area (Å²) < 4.78 is 5.59. The summed E-state index contributed by atoms with van der Waals surface area (Å²) in [4.78, 5) is 24.6. The SMILES string of the molecule is CC(C)Oc1ccc(NC(=O)C2CC2C(=O)NCCCc2ccccc2)cc1. The van der Waals surface area contributed by atoms with Crippen molar-refractivity contribution in [3.63, 3.8) is 0 Å². The molecule has 1 saturated carbocycles. The molecule has 2 unspecified atom stereocenters. The molecule has 0 saturated heterocycles. The number of amides is 2. The number of aryl methyl sites for hydroxylation is 1. The summed E-state index contributed by atoms with van der Waals surface area (Å²) in [5.41, 5.74) is 1.99. The number of nitrogens with one attached hydrogen (secondary N) is 2. The van der Waals surface area contributed by atoms with E-state index in [0.717, 1.165) is 24.3 Å². The van der Waals surface area contributed by atoms with Crippen LogP contribution in [0.2, 0.25) is 0 Å². The van der Waals surface area contributed by atoms with Crippen molar-refractivity contribution in [2.45, 2.75) is 39.2 Å². The largest absolute Gasteiger partial charge is 0.491 e. The Morgan fingerprint density at radius 3 is 2.36 bits per heavy atom. The van der Waals surface area contributed by atoms with Crippen LogP contribution in [0.1, 0.15) is 32.3 Å². The first kappa shape index (κ1) is 19.9. The van der Waals surface area contributed by atoms with E-state index >= 15 is 0 Å². The average Bonchev–Trinajstić information content (AvgIpc) is 3.48. The summed E-state index contributed by atoms with van der Waals surface area (Å²) >= 11 is 0. The van der Waals surface area contributed by atoms with E-state index in [1.54, 1.807) is 0 Å². The average molecular weight is 380 g/mol. The smallest absolute Gasteiger partial charge is 0.228 e. The van der Waals surface area contributed by atoms with Gasteiger partial charge in [0.1, 0.15) is 5.75 Å². The summed E-state index contributed by atoms with van der Waals surface area (Å²) in [6, 6.07) is 17.5. The Labute approximate surface area is 166 Å². The van der Waals surface area contributed by atoms with Crippen LogP contribution in [0.25, 0.3) is 0 Å². The third-order valence-electron chi connectivity index (χ3n) is 4.74. The quantitative estimate of drug-likeness (QED) is 0.650. The second-order valence-electron chi connectivity index (χ2n) is 7.51. The Hall–Kier alpha value is -2.82. The van der Waals surface area contributed by atoms with Gasteiger partial charge in [0.15, 0.2) is 0 Å². The number of ether oxygens (including phenoxy) is 1. The highest BCUT2D eigenvalue weighted by Gasteiger charge is 2.47. The van der Waals surface area contributed by atoms with Crippen molar-refractivity contribution in [1.82, 2.24) is 5.32 Å². The van der Waals surface area contributed by atoms with Crippen molar-refractivity contribution in [3.05, 3.63) is 60.2 Å². The first-order valence-electron chi connectivity index (χ1n) is 9.92. The second-order valence-corrected chi connectivity index (χ2v) is 7.51. The van der Waals surface area contributed by atoms with E-state index in [1.807, 2.05) is 56.3 Å². The Morgan fingerprint density at radius 1 is 1.00 bits per heavy atom. The molecule has 5 heteroatoms. The van der Waals surface area contributed by atoms with Crippen LogP contribution in [0.4, 0.5) is 5.69 Å². The highest BCUT2D eigenvalue weighted by Crippen LogP contribution is 2.39. The maximum atomic E-state index is 12.3. The third kappa shape index (κ3) is 5.84. The first-order valence-corrected chi connectivity index (χ1v) is 9.92. The van der Waals surface area contributed by atoms with Crippen LogP contribution in [0, 0.1) is 11.8 Å². The molecule has 1 aliphatic rings. The predicted octanol–water partition coefficient (Wildman–Crippen LogP) is 3.80. The fourth-order valence-electron chi connectivity index (χ4n) is 3.18. The zero-order valence-electron chi connectivity index (χ0n) is 16.5. The molecule has 1 fully saturated rings. The number of benzene rings is 2. The molecule has 2 aromatic rings. The maximum absolute atomic E-state index is 12.3. The van der Waals surface area contributed by atoms with Crippen LogP contribution in [-0.4, -0.2) is 24.5 Å². The molecule has 148 valence electrons. The van der Waals surface area contributed by atoms with Gasteiger partial charge in [-0.3, -0.25) is 9.59 Å². The minimum Gasteiger partial charge on any atom is -0.491 e. The van der Waals surface area contributed by atoms with Crippen LogP contribution in [0.15, 0.2) is 54.6 Å². The van der Waals surface area contributed by atoms with Crippen LogP contribution < -0.4 is 15.4 Å². The zero-order chi connectivity index (χ0) is 19.9. The van der Waals surface area contributed by atoms with Gasteiger partial charge in [0.05, 0.1) is 17.9 Å². The molecule has 0 heterocycles. The molecule has 3 rings (SSSR count). The van der Waals surface area contributed by atoms with Gasteiger partial charge in [0.25, 0.3) is 0 Å². The molecule has 1 aliphatic carbocycles. The van der Waals surface area contributed by atoms with Gasteiger partial charge in [-0.25, -0.2) is 0 Å². The van der Waals surface area contributed by atoms with Gasteiger partial charge in [0, 0.05) is 12.2 Å². The van der Waals surface area contributed by atoms with Crippen LogP contribution >= 0.6 is 0 Å². The van der Waals surface area contributed by atoms with Crippen molar-refractivity contribution >= 4 is 17.5 Å². The van der Waals surface area contributed by atoms with E-state index in [9.17, 15) is 9.59 Å².